The van der Waals surface area contributed by atoms with Crippen molar-refractivity contribution >= 4 is 11.9 Å². The van der Waals surface area contributed by atoms with Gasteiger partial charge in [-0.3, -0.25) is 4.79 Å². The molecule has 156 valence electrons. The fourth-order valence-corrected chi connectivity index (χ4v) is 3.52. The number of hydrogen-bond acceptors (Lipinski definition) is 6. The van der Waals surface area contributed by atoms with Crippen LogP contribution in [0, 0.1) is 18.7 Å². The summed E-state index contributed by atoms with van der Waals surface area (Å²) in [5, 5.41) is 0. The van der Waals surface area contributed by atoms with Crippen LogP contribution in [0.4, 0.5) is 10.3 Å². The normalized spacial score (nSPS) is 14.7. The van der Waals surface area contributed by atoms with E-state index in [1.165, 1.54) is 13.2 Å². The van der Waals surface area contributed by atoms with Crippen molar-refractivity contribution in [1.29, 1.82) is 0 Å². The number of carbonyl (C=O) groups excluding carboxylic acids is 1. The summed E-state index contributed by atoms with van der Waals surface area (Å²) in [6, 6.07) is 4.60. The molecule has 1 aliphatic heterocycles. The van der Waals surface area contributed by atoms with E-state index in [2.05, 4.69) is 19.6 Å². The van der Waals surface area contributed by atoms with Gasteiger partial charge in [-0.15, -0.1) is 0 Å². The summed E-state index contributed by atoms with van der Waals surface area (Å²) in [5.74, 6) is 1.06. The largest absolute Gasteiger partial charge is 0.493 e. The van der Waals surface area contributed by atoms with Crippen molar-refractivity contribution in [2.45, 2.75) is 39.0 Å². The Morgan fingerprint density at radius 1 is 1.24 bits per heavy atom. The van der Waals surface area contributed by atoms with Crippen molar-refractivity contribution in [2.75, 3.05) is 31.7 Å². The Kier molecular flexibility index (Phi) is 7.38. The van der Waals surface area contributed by atoms with Gasteiger partial charge in [0.2, 0.25) is 5.95 Å². The van der Waals surface area contributed by atoms with Gasteiger partial charge in [0.15, 0.2) is 0 Å². The molecule has 0 radical (unpaired) electrons. The van der Waals surface area contributed by atoms with Gasteiger partial charge >= 0.3 is 5.97 Å². The molecule has 1 aromatic heterocycles. The summed E-state index contributed by atoms with van der Waals surface area (Å²) in [5.41, 5.74) is 1.38. The maximum absolute atomic E-state index is 14.0. The standard InChI is InChI=1S/C22H28FN3O3/c1-16-14-24-22(25-15-16)26-9-7-17(8-10-26)4-3-11-29-19-6-5-18(20(23)13-19)12-21(27)28-2/h5-6,13-15,17H,3-4,7-12H2,1-2H3. The molecule has 3 rings (SSSR count). The molecule has 0 bridgehead atoms. The number of benzene rings is 1. The van der Waals surface area contributed by atoms with Crippen LogP contribution in [-0.2, 0) is 16.0 Å². The first-order valence-corrected chi connectivity index (χ1v) is 10.1. The first-order valence-electron chi connectivity index (χ1n) is 10.1. The Morgan fingerprint density at radius 2 is 1.97 bits per heavy atom. The monoisotopic (exact) mass is 401 g/mol. The topological polar surface area (TPSA) is 64.6 Å². The van der Waals surface area contributed by atoms with Gasteiger partial charge in [-0.1, -0.05) is 6.07 Å². The highest BCUT2D eigenvalue weighted by molar-refractivity contribution is 5.72. The average molecular weight is 401 g/mol. The van der Waals surface area contributed by atoms with Gasteiger partial charge in [0.25, 0.3) is 0 Å². The number of hydrogen-bond donors (Lipinski definition) is 0. The number of piperidine rings is 1. The quantitative estimate of drug-likeness (QED) is 0.496. The van der Waals surface area contributed by atoms with Gasteiger partial charge < -0.3 is 14.4 Å². The van der Waals surface area contributed by atoms with Crippen molar-refractivity contribution in [3.8, 4) is 5.75 Å². The molecule has 0 N–H and O–H groups in total. The minimum Gasteiger partial charge on any atom is -0.493 e. The fourth-order valence-electron chi connectivity index (χ4n) is 3.52. The van der Waals surface area contributed by atoms with E-state index in [-0.39, 0.29) is 6.42 Å². The number of ether oxygens (including phenoxy) is 2. The van der Waals surface area contributed by atoms with Crippen molar-refractivity contribution in [3.05, 3.63) is 47.5 Å². The second-order valence-corrected chi connectivity index (χ2v) is 7.49. The van der Waals surface area contributed by atoms with E-state index < -0.39 is 11.8 Å². The Hall–Kier alpha value is -2.70. The molecule has 1 saturated heterocycles. The predicted molar refractivity (Wildman–Crippen MR) is 109 cm³/mol. The first-order chi connectivity index (χ1) is 14.0. The molecule has 1 aromatic carbocycles. The molecule has 0 amide bonds. The maximum atomic E-state index is 14.0. The van der Waals surface area contributed by atoms with Gasteiger partial charge in [0, 0.05) is 31.5 Å². The second kappa shape index (κ2) is 10.2. The Balaban J connectivity index is 1.36. The van der Waals surface area contributed by atoms with Crippen molar-refractivity contribution < 1.29 is 18.7 Å². The Bertz CT molecular complexity index is 805. The van der Waals surface area contributed by atoms with Crippen LogP contribution >= 0.6 is 0 Å². The second-order valence-electron chi connectivity index (χ2n) is 7.49. The lowest BCUT2D eigenvalue weighted by Gasteiger charge is -2.32. The number of carbonyl (C=O) groups is 1. The highest BCUT2D eigenvalue weighted by atomic mass is 19.1. The summed E-state index contributed by atoms with van der Waals surface area (Å²) in [6.45, 7) is 4.49. The van der Waals surface area contributed by atoms with Gasteiger partial charge in [-0.05, 0) is 55.7 Å². The predicted octanol–water partition coefficient (Wildman–Crippen LogP) is 3.72. The number of rotatable bonds is 8. The number of aryl methyl sites for hydroxylation is 1. The lowest BCUT2D eigenvalue weighted by molar-refractivity contribution is -0.139. The molecule has 0 saturated carbocycles. The molecule has 7 heteroatoms. The smallest absolute Gasteiger partial charge is 0.310 e. The molecule has 0 spiro atoms. The van der Waals surface area contributed by atoms with Crippen molar-refractivity contribution in [2.24, 2.45) is 5.92 Å². The van der Waals surface area contributed by atoms with Crippen LogP contribution in [0.15, 0.2) is 30.6 Å². The van der Waals surface area contributed by atoms with Crippen LogP contribution in [0.2, 0.25) is 0 Å². The van der Waals surface area contributed by atoms with Crippen LogP contribution in [0.3, 0.4) is 0 Å². The average Bonchev–Trinajstić information content (AvgIpc) is 2.74. The van der Waals surface area contributed by atoms with Crippen molar-refractivity contribution in [1.82, 2.24) is 9.97 Å². The third-order valence-corrected chi connectivity index (χ3v) is 5.28. The number of nitrogens with zero attached hydrogens (tertiary/aromatic N) is 3. The summed E-state index contributed by atoms with van der Waals surface area (Å²) in [7, 11) is 1.29. The van der Waals surface area contributed by atoms with Crippen LogP contribution in [0.25, 0.3) is 0 Å². The minimum absolute atomic E-state index is 0.0745. The van der Waals surface area contributed by atoms with Crippen LogP contribution < -0.4 is 9.64 Å². The number of methoxy groups -OCH3 is 1. The van der Waals surface area contributed by atoms with E-state index in [1.807, 2.05) is 19.3 Å². The zero-order valence-corrected chi connectivity index (χ0v) is 17.1. The molecule has 6 nitrogen and oxygen atoms in total. The third kappa shape index (κ3) is 6.14. The lowest BCUT2D eigenvalue weighted by Crippen LogP contribution is -2.34. The highest BCUT2D eigenvalue weighted by Crippen LogP contribution is 2.24. The van der Waals surface area contributed by atoms with Gasteiger partial charge in [-0.25, -0.2) is 14.4 Å². The van der Waals surface area contributed by atoms with E-state index in [0.29, 0.717) is 23.8 Å². The molecule has 1 aliphatic rings. The number of anilines is 1. The number of halogens is 1. The van der Waals surface area contributed by atoms with Gasteiger partial charge in [0.05, 0.1) is 20.1 Å². The van der Waals surface area contributed by atoms with Crippen LogP contribution in [-0.4, -0.2) is 42.7 Å². The number of esters is 1. The maximum Gasteiger partial charge on any atom is 0.310 e. The summed E-state index contributed by atoms with van der Waals surface area (Å²) in [6.07, 6.45) is 7.90. The van der Waals surface area contributed by atoms with E-state index in [0.717, 1.165) is 50.3 Å². The molecule has 0 unspecified atom stereocenters. The molecule has 29 heavy (non-hydrogen) atoms. The van der Waals surface area contributed by atoms with Gasteiger partial charge in [-0.2, -0.15) is 0 Å². The minimum atomic E-state index is -0.461. The molecular formula is C22H28FN3O3. The van der Waals surface area contributed by atoms with Crippen LogP contribution in [0.5, 0.6) is 5.75 Å². The highest BCUT2D eigenvalue weighted by Gasteiger charge is 2.20. The molecule has 2 heterocycles. The van der Waals surface area contributed by atoms with E-state index in [1.54, 1.807) is 12.1 Å². The molecule has 0 aliphatic carbocycles. The zero-order chi connectivity index (χ0) is 20.6. The lowest BCUT2D eigenvalue weighted by atomic mass is 9.92. The van der Waals surface area contributed by atoms with Crippen molar-refractivity contribution in [3.63, 3.8) is 0 Å². The van der Waals surface area contributed by atoms with Gasteiger partial charge in [0.1, 0.15) is 11.6 Å². The molecular weight excluding hydrogens is 373 g/mol. The summed E-state index contributed by atoms with van der Waals surface area (Å²) < 4.78 is 24.3. The zero-order valence-electron chi connectivity index (χ0n) is 17.1. The van der Waals surface area contributed by atoms with E-state index >= 15 is 0 Å². The van der Waals surface area contributed by atoms with Crippen LogP contribution in [0.1, 0.15) is 36.8 Å². The molecule has 1 fully saturated rings. The third-order valence-electron chi connectivity index (χ3n) is 5.28. The fraction of sp³-hybridized carbons (Fsp3) is 0.500. The molecule has 2 aromatic rings. The Labute approximate surface area is 171 Å². The first kappa shape index (κ1) is 21.0. The Morgan fingerprint density at radius 3 is 2.62 bits per heavy atom. The van der Waals surface area contributed by atoms with E-state index in [4.69, 9.17) is 4.74 Å². The number of aromatic nitrogens is 2. The summed E-state index contributed by atoms with van der Waals surface area (Å²) in [4.78, 5) is 22.3. The SMILES string of the molecule is COC(=O)Cc1ccc(OCCCC2CCN(c3ncc(C)cn3)CC2)cc1F. The molecule has 0 atom stereocenters. The van der Waals surface area contributed by atoms with E-state index in [9.17, 15) is 9.18 Å². The summed E-state index contributed by atoms with van der Waals surface area (Å²) >= 11 is 0.